The fourth-order valence-corrected chi connectivity index (χ4v) is 2.94. The van der Waals surface area contributed by atoms with Gasteiger partial charge in [0.05, 0.1) is 22.8 Å². The van der Waals surface area contributed by atoms with Crippen LogP contribution in [0.4, 0.5) is 0 Å². The SMILES string of the molecule is C1=Cc2cc3ccc(cc4ccc(cc5nc(cc1n2)C=C5)[nH]4)[nH]3.Cl.[Co]. The zero-order valence-corrected chi connectivity index (χ0v) is 15.4. The molecule has 3 aromatic rings. The van der Waals surface area contributed by atoms with Gasteiger partial charge in [0, 0.05) is 38.8 Å². The molecular formula is C20H15ClCoN4. The topological polar surface area (TPSA) is 57.4 Å². The molecule has 26 heavy (non-hydrogen) atoms. The zero-order chi connectivity index (χ0) is 15.9. The number of hydrogen-bond donors (Lipinski definition) is 2. The van der Waals surface area contributed by atoms with Crippen LogP contribution in [0.3, 0.4) is 0 Å². The molecule has 0 aliphatic carbocycles. The van der Waals surface area contributed by atoms with Gasteiger partial charge in [-0.2, -0.15) is 0 Å². The molecule has 131 valence electrons. The van der Waals surface area contributed by atoms with E-state index in [9.17, 15) is 0 Å². The van der Waals surface area contributed by atoms with E-state index in [-0.39, 0.29) is 29.2 Å². The number of halogens is 1. The maximum atomic E-state index is 4.62. The Labute approximate surface area is 166 Å². The number of fused-ring (bicyclic) bond motifs is 8. The molecule has 0 fully saturated rings. The van der Waals surface area contributed by atoms with Gasteiger partial charge in [-0.25, -0.2) is 9.97 Å². The summed E-state index contributed by atoms with van der Waals surface area (Å²) in [6.07, 6.45) is 8.05. The average Bonchev–Trinajstić information content (AvgIpc) is 3.32. The summed E-state index contributed by atoms with van der Waals surface area (Å²) in [5, 5.41) is 0. The number of aromatic nitrogens is 4. The van der Waals surface area contributed by atoms with Crippen LogP contribution in [0.2, 0.25) is 0 Å². The molecule has 2 aliphatic heterocycles. The predicted octanol–water partition coefficient (Wildman–Crippen LogP) is 5.07. The second-order valence-corrected chi connectivity index (χ2v) is 5.91. The second-order valence-electron chi connectivity index (χ2n) is 5.91. The van der Waals surface area contributed by atoms with Crippen molar-refractivity contribution in [2.75, 3.05) is 0 Å². The molecule has 0 atom stereocenters. The maximum absolute atomic E-state index is 4.62. The first-order valence-corrected chi connectivity index (χ1v) is 7.85. The van der Waals surface area contributed by atoms with E-state index in [1.54, 1.807) is 0 Å². The third-order valence-electron chi connectivity index (χ3n) is 4.04. The maximum Gasteiger partial charge on any atom is 0.0659 e. The Morgan fingerprint density at radius 1 is 0.500 bits per heavy atom. The number of aromatic amines is 2. The van der Waals surface area contributed by atoms with Crippen LogP contribution < -0.4 is 0 Å². The first-order valence-electron chi connectivity index (χ1n) is 7.85. The van der Waals surface area contributed by atoms with Crippen LogP contribution in [0.25, 0.3) is 46.4 Å². The van der Waals surface area contributed by atoms with E-state index < -0.39 is 0 Å². The molecule has 5 rings (SSSR count). The molecule has 4 nitrogen and oxygen atoms in total. The van der Waals surface area contributed by atoms with Crippen LogP contribution >= 0.6 is 12.4 Å². The van der Waals surface area contributed by atoms with Crippen molar-refractivity contribution >= 4 is 58.8 Å². The smallest absolute Gasteiger partial charge is 0.0659 e. The number of hydrogen-bond acceptors (Lipinski definition) is 2. The van der Waals surface area contributed by atoms with E-state index >= 15 is 0 Å². The van der Waals surface area contributed by atoms with Gasteiger partial charge >= 0.3 is 0 Å². The summed E-state index contributed by atoms with van der Waals surface area (Å²) >= 11 is 0. The van der Waals surface area contributed by atoms with Gasteiger partial charge in [-0.15, -0.1) is 12.4 Å². The van der Waals surface area contributed by atoms with Crippen LogP contribution in [-0.4, -0.2) is 19.9 Å². The third kappa shape index (κ3) is 3.65. The molecule has 3 aromatic heterocycles. The number of nitrogens with one attached hydrogen (secondary N) is 2. The minimum absolute atomic E-state index is 0. The van der Waals surface area contributed by atoms with Gasteiger partial charge in [0.25, 0.3) is 0 Å². The molecule has 0 saturated carbocycles. The minimum Gasteiger partial charge on any atom is -0.355 e. The molecule has 5 heterocycles. The molecule has 8 bridgehead atoms. The van der Waals surface area contributed by atoms with Crippen LogP contribution in [0, 0.1) is 0 Å². The minimum atomic E-state index is 0. The van der Waals surface area contributed by atoms with Crippen molar-refractivity contribution in [3.05, 3.63) is 71.3 Å². The Kier molecular flexibility index (Phi) is 5.13. The van der Waals surface area contributed by atoms with Crippen LogP contribution in [-0.2, 0) is 16.8 Å². The van der Waals surface area contributed by atoms with Crippen LogP contribution in [0.1, 0.15) is 22.8 Å². The molecule has 2 N–H and O–H groups in total. The standard InChI is InChI=1S/C20H14N4.ClH.Co/c1-2-14-10-16-5-6-18(23-16)12-20-8-7-19(24-20)11-17-4-3-15(22-17)9-13(1)21-14;;/h1-12,21-22H;1H;. The van der Waals surface area contributed by atoms with Gasteiger partial charge in [0.2, 0.25) is 0 Å². The van der Waals surface area contributed by atoms with Crippen molar-refractivity contribution in [2.45, 2.75) is 0 Å². The number of H-pyrrole nitrogens is 2. The quantitative estimate of drug-likeness (QED) is 0.378. The number of rotatable bonds is 0. The van der Waals surface area contributed by atoms with Crippen LogP contribution in [0.5, 0.6) is 0 Å². The summed E-state index contributed by atoms with van der Waals surface area (Å²) in [6.45, 7) is 0. The Morgan fingerprint density at radius 3 is 1.27 bits per heavy atom. The fraction of sp³-hybridized carbons (Fsp3) is 0. The van der Waals surface area contributed by atoms with E-state index in [0.29, 0.717) is 0 Å². The van der Waals surface area contributed by atoms with Gasteiger partial charge in [-0.05, 0) is 72.8 Å². The summed E-state index contributed by atoms with van der Waals surface area (Å²) in [6, 6.07) is 16.4. The fourth-order valence-electron chi connectivity index (χ4n) is 2.94. The molecule has 0 aromatic carbocycles. The molecule has 0 unspecified atom stereocenters. The van der Waals surface area contributed by atoms with Gasteiger partial charge in [-0.3, -0.25) is 0 Å². The first kappa shape index (κ1) is 18.2. The van der Waals surface area contributed by atoms with Crippen molar-refractivity contribution < 1.29 is 16.8 Å². The van der Waals surface area contributed by atoms with Crippen molar-refractivity contribution in [2.24, 2.45) is 0 Å². The van der Waals surface area contributed by atoms with Crippen LogP contribution in [0.15, 0.2) is 48.5 Å². The monoisotopic (exact) mass is 405 g/mol. The molecule has 6 heteroatoms. The van der Waals surface area contributed by atoms with Gasteiger partial charge in [0.1, 0.15) is 0 Å². The van der Waals surface area contributed by atoms with E-state index in [1.807, 2.05) is 42.5 Å². The molecule has 0 saturated heterocycles. The van der Waals surface area contributed by atoms with Crippen molar-refractivity contribution in [1.82, 2.24) is 19.9 Å². The van der Waals surface area contributed by atoms with Gasteiger partial charge in [0.15, 0.2) is 0 Å². The van der Waals surface area contributed by atoms with E-state index in [4.69, 9.17) is 0 Å². The van der Waals surface area contributed by atoms with Crippen molar-refractivity contribution in [1.29, 1.82) is 0 Å². The number of nitrogens with zero attached hydrogens (tertiary/aromatic N) is 2. The summed E-state index contributed by atoms with van der Waals surface area (Å²) < 4.78 is 0. The van der Waals surface area contributed by atoms with E-state index in [2.05, 4.69) is 50.3 Å². The summed E-state index contributed by atoms with van der Waals surface area (Å²) in [5.74, 6) is 0. The molecular weight excluding hydrogens is 391 g/mol. The van der Waals surface area contributed by atoms with E-state index in [0.717, 1.165) is 44.8 Å². The van der Waals surface area contributed by atoms with Gasteiger partial charge < -0.3 is 9.97 Å². The Hall–Kier alpha value is -2.60. The Bertz CT molecular complexity index is 1080. The largest absolute Gasteiger partial charge is 0.355 e. The Balaban J connectivity index is 0.000000980. The summed E-state index contributed by atoms with van der Waals surface area (Å²) in [7, 11) is 0. The zero-order valence-electron chi connectivity index (χ0n) is 13.6. The van der Waals surface area contributed by atoms with Crippen molar-refractivity contribution in [3.63, 3.8) is 0 Å². The average molecular weight is 406 g/mol. The summed E-state index contributed by atoms with van der Waals surface area (Å²) in [5.41, 5.74) is 7.86. The predicted molar refractivity (Wildman–Crippen MR) is 106 cm³/mol. The third-order valence-corrected chi connectivity index (χ3v) is 4.04. The van der Waals surface area contributed by atoms with E-state index in [1.165, 1.54) is 0 Å². The normalized spacial score (nSPS) is 11.7. The molecule has 0 spiro atoms. The second kappa shape index (κ2) is 7.33. The molecule has 0 amide bonds. The van der Waals surface area contributed by atoms with Gasteiger partial charge in [-0.1, -0.05) is 0 Å². The Morgan fingerprint density at radius 2 is 0.846 bits per heavy atom. The molecule has 2 aliphatic rings. The molecule has 1 radical (unpaired) electrons. The first-order chi connectivity index (χ1) is 11.8. The van der Waals surface area contributed by atoms with Crippen molar-refractivity contribution in [3.8, 4) is 0 Å². The summed E-state index contributed by atoms with van der Waals surface area (Å²) in [4.78, 5) is 16.0.